The molecule has 174 valence electrons. The predicted octanol–water partition coefficient (Wildman–Crippen LogP) is 3.16. The number of nitrogens with one attached hydrogen (secondary N) is 2. The van der Waals surface area contributed by atoms with Crippen molar-refractivity contribution in [1.29, 1.82) is 0 Å². The molecule has 1 heterocycles. The molecule has 0 fully saturated rings. The lowest BCUT2D eigenvalue weighted by Gasteiger charge is -2.12. The summed E-state index contributed by atoms with van der Waals surface area (Å²) in [6.07, 6.45) is 1.31. The average Bonchev–Trinajstić information content (AvgIpc) is 2.76. The molecule has 0 aliphatic rings. The second-order valence-corrected chi connectivity index (χ2v) is 9.56. The molecule has 0 radical (unpaired) electrons. The number of hydrogen-bond donors (Lipinski definition) is 2. The van der Waals surface area contributed by atoms with E-state index in [1.54, 1.807) is 25.1 Å². The quantitative estimate of drug-likeness (QED) is 0.481. The first-order valence-electron chi connectivity index (χ1n) is 9.63. The number of nitrogens with zero attached hydrogens (tertiary/aromatic N) is 2. The van der Waals surface area contributed by atoms with Crippen molar-refractivity contribution >= 4 is 44.8 Å². The van der Waals surface area contributed by atoms with Gasteiger partial charge in [-0.1, -0.05) is 47.5 Å². The highest BCUT2D eigenvalue weighted by atomic mass is 35.5. The molecule has 1 amide bonds. The van der Waals surface area contributed by atoms with Crippen LogP contribution in [-0.4, -0.2) is 30.7 Å². The molecule has 0 aliphatic carbocycles. The fourth-order valence-corrected chi connectivity index (χ4v) is 4.53. The number of rotatable bonds is 8. The van der Waals surface area contributed by atoms with Crippen LogP contribution in [0.2, 0.25) is 10.0 Å². The van der Waals surface area contributed by atoms with E-state index in [2.05, 4.69) is 15.1 Å². The number of benzene rings is 2. The highest BCUT2D eigenvalue weighted by molar-refractivity contribution is 7.89. The van der Waals surface area contributed by atoms with Crippen LogP contribution >= 0.6 is 23.2 Å². The van der Waals surface area contributed by atoms with Crippen molar-refractivity contribution in [2.24, 2.45) is 0 Å². The summed E-state index contributed by atoms with van der Waals surface area (Å²) in [5.41, 5.74) is 0.316. The number of halogens is 3. The van der Waals surface area contributed by atoms with Gasteiger partial charge in [0, 0.05) is 12.2 Å². The molecule has 2 N–H and O–H groups in total. The molecular weight excluding hydrogens is 494 g/mol. The van der Waals surface area contributed by atoms with Gasteiger partial charge in [0.2, 0.25) is 15.9 Å². The molecule has 3 rings (SSSR count). The minimum atomic E-state index is -3.93. The second-order valence-electron chi connectivity index (χ2n) is 7.04. The topological polar surface area (TPSA) is 110 Å². The first-order valence-corrected chi connectivity index (χ1v) is 11.9. The molecule has 2 aromatic carbocycles. The first-order chi connectivity index (χ1) is 15.6. The molecule has 1 aromatic heterocycles. The van der Waals surface area contributed by atoms with Gasteiger partial charge in [0.15, 0.2) is 0 Å². The van der Waals surface area contributed by atoms with E-state index in [4.69, 9.17) is 23.2 Å². The van der Waals surface area contributed by atoms with Crippen LogP contribution in [0.15, 0.2) is 58.4 Å². The van der Waals surface area contributed by atoms with Crippen molar-refractivity contribution < 1.29 is 17.6 Å². The zero-order valence-corrected chi connectivity index (χ0v) is 19.6. The van der Waals surface area contributed by atoms with E-state index in [0.29, 0.717) is 11.1 Å². The Kier molecular flexibility index (Phi) is 7.85. The minimum Gasteiger partial charge on any atom is -0.324 e. The van der Waals surface area contributed by atoms with E-state index in [1.165, 1.54) is 24.3 Å². The van der Waals surface area contributed by atoms with Crippen LogP contribution in [0.1, 0.15) is 11.1 Å². The van der Waals surface area contributed by atoms with Crippen molar-refractivity contribution in [3.63, 3.8) is 0 Å². The normalized spacial score (nSPS) is 11.4. The van der Waals surface area contributed by atoms with Gasteiger partial charge in [-0.05, 0) is 42.7 Å². The number of aryl methyl sites for hydroxylation is 1. The number of carbonyl (C=O) groups is 1. The molecule has 3 aromatic rings. The number of carbonyl (C=O) groups excluding carboxylic acids is 1. The Morgan fingerprint density at radius 1 is 1.18 bits per heavy atom. The Balaban J connectivity index is 1.70. The zero-order chi connectivity index (χ0) is 24.2. The summed E-state index contributed by atoms with van der Waals surface area (Å²) in [7, 11) is -3.93. The number of sulfonamides is 1. The number of amides is 1. The van der Waals surface area contributed by atoms with Gasteiger partial charge in [-0.25, -0.2) is 22.2 Å². The van der Waals surface area contributed by atoms with Crippen LogP contribution in [-0.2, 0) is 27.8 Å². The molecule has 0 spiro atoms. The summed E-state index contributed by atoms with van der Waals surface area (Å²) in [6.45, 7) is 1.15. The van der Waals surface area contributed by atoms with Gasteiger partial charge in [0.1, 0.15) is 17.4 Å². The van der Waals surface area contributed by atoms with Crippen LogP contribution in [0.3, 0.4) is 0 Å². The molecule has 12 heteroatoms. The lowest BCUT2D eigenvalue weighted by atomic mass is 10.1. The van der Waals surface area contributed by atoms with Gasteiger partial charge in [0.05, 0.1) is 16.1 Å². The van der Waals surface area contributed by atoms with E-state index in [1.807, 2.05) is 0 Å². The molecular formula is C21H19Cl2FN4O4S. The van der Waals surface area contributed by atoms with Crippen molar-refractivity contribution in [3.05, 3.63) is 86.0 Å². The van der Waals surface area contributed by atoms with Crippen molar-refractivity contribution in [3.8, 4) is 0 Å². The zero-order valence-electron chi connectivity index (χ0n) is 17.3. The molecule has 8 nitrogen and oxygen atoms in total. The molecule has 0 aliphatic heterocycles. The Bertz CT molecular complexity index is 1360. The lowest BCUT2D eigenvalue weighted by molar-refractivity contribution is -0.117. The Hall–Kier alpha value is -2.79. The van der Waals surface area contributed by atoms with E-state index < -0.39 is 33.9 Å². The third-order valence-electron chi connectivity index (χ3n) is 4.64. The van der Waals surface area contributed by atoms with E-state index in [-0.39, 0.29) is 33.6 Å². The van der Waals surface area contributed by atoms with Crippen LogP contribution in [0.5, 0.6) is 0 Å². The number of hydrogen-bond acceptors (Lipinski definition) is 5. The largest absolute Gasteiger partial charge is 0.324 e. The highest BCUT2D eigenvalue weighted by Crippen LogP contribution is 2.20. The summed E-state index contributed by atoms with van der Waals surface area (Å²) in [5.74, 6) is -1.03. The molecule has 0 bridgehead atoms. The SMILES string of the molecule is Cc1ccc(NC(=O)Cn2ncc(Cl)c(Cl)c2=O)cc1S(=O)(=O)NCCc1ccccc1F. The van der Waals surface area contributed by atoms with Gasteiger partial charge in [0.25, 0.3) is 5.56 Å². The Labute approximate surface area is 199 Å². The fraction of sp³-hybridized carbons (Fsp3) is 0.190. The smallest absolute Gasteiger partial charge is 0.287 e. The van der Waals surface area contributed by atoms with Crippen LogP contribution in [0, 0.1) is 12.7 Å². The maximum Gasteiger partial charge on any atom is 0.287 e. The van der Waals surface area contributed by atoms with Crippen LogP contribution in [0.4, 0.5) is 10.1 Å². The average molecular weight is 513 g/mol. The van der Waals surface area contributed by atoms with Crippen molar-refractivity contribution in [2.45, 2.75) is 24.8 Å². The third kappa shape index (κ3) is 6.17. The van der Waals surface area contributed by atoms with Crippen molar-refractivity contribution in [2.75, 3.05) is 11.9 Å². The Morgan fingerprint density at radius 2 is 1.91 bits per heavy atom. The van der Waals surface area contributed by atoms with Crippen molar-refractivity contribution in [1.82, 2.24) is 14.5 Å². The minimum absolute atomic E-state index is 0.00872. The molecule has 0 unspecified atom stereocenters. The monoisotopic (exact) mass is 512 g/mol. The highest BCUT2D eigenvalue weighted by Gasteiger charge is 2.18. The van der Waals surface area contributed by atoms with Gasteiger partial charge in [-0.3, -0.25) is 9.59 Å². The number of aromatic nitrogens is 2. The van der Waals surface area contributed by atoms with E-state index in [0.717, 1.165) is 10.9 Å². The molecule has 0 saturated heterocycles. The van der Waals surface area contributed by atoms with Gasteiger partial charge < -0.3 is 5.32 Å². The predicted molar refractivity (Wildman–Crippen MR) is 124 cm³/mol. The molecule has 0 atom stereocenters. The van der Waals surface area contributed by atoms with Gasteiger partial charge in [-0.2, -0.15) is 5.10 Å². The Morgan fingerprint density at radius 3 is 2.64 bits per heavy atom. The maximum atomic E-state index is 13.7. The van der Waals surface area contributed by atoms with Gasteiger partial charge >= 0.3 is 0 Å². The van der Waals surface area contributed by atoms with E-state index in [9.17, 15) is 22.4 Å². The summed E-state index contributed by atoms with van der Waals surface area (Å²) in [6, 6.07) is 10.5. The van der Waals surface area contributed by atoms with E-state index >= 15 is 0 Å². The van der Waals surface area contributed by atoms with Crippen LogP contribution in [0.25, 0.3) is 0 Å². The third-order valence-corrected chi connectivity index (χ3v) is 6.99. The number of anilines is 1. The molecule has 33 heavy (non-hydrogen) atoms. The summed E-state index contributed by atoms with van der Waals surface area (Å²) in [4.78, 5) is 24.3. The first kappa shape index (κ1) is 24.8. The maximum absolute atomic E-state index is 13.7. The second kappa shape index (κ2) is 10.4. The molecule has 0 saturated carbocycles. The summed E-state index contributed by atoms with van der Waals surface area (Å²) >= 11 is 11.5. The summed E-state index contributed by atoms with van der Waals surface area (Å²) in [5, 5.41) is 5.98. The van der Waals surface area contributed by atoms with Crippen LogP contribution < -0.4 is 15.6 Å². The lowest BCUT2D eigenvalue weighted by Crippen LogP contribution is -2.30. The standard InChI is InChI=1S/C21H19Cl2FN4O4S/c1-13-6-7-15(27-19(29)12-28-21(30)20(23)16(22)11-25-28)10-18(13)33(31,32)26-9-8-14-4-2-3-5-17(14)24/h2-7,10-11,26H,8-9,12H2,1H3,(H,27,29). The fourth-order valence-electron chi connectivity index (χ4n) is 2.96. The van der Waals surface area contributed by atoms with Gasteiger partial charge in [-0.15, -0.1) is 0 Å². The summed E-state index contributed by atoms with van der Waals surface area (Å²) < 4.78 is 42.6.